The molecule has 0 amide bonds. The number of esters is 1. The third-order valence-electron chi connectivity index (χ3n) is 2.42. The first-order valence-electron chi connectivity index (χ1n) is 6.16. The maximum absolute atomic E-state index is 11.9. The molecule has 94 valence electrons. The van der Waals surface area contributed by atoms with E-state index in [0.29, 0.717) is 24.5 Å². The van der Waals surface area contributed by atoms with Crippen molar-refractivity contribution < 1.29 is 14.3 Å². The lowest BCUT2D eigenvalue weighted by Crippen LogP contribution is -2.10. The molecule has 1 rings (SSSR count). The SMILES string of the molecule is CCCOC(=O)c1cccc(CC)c1OCC. The molecule has 0 aliphatic rings. The second-order valence-corrected chi connectivity index (χ2v) is 3.72. The van der Waals surface area contributed by atoms with Crippen LogP contribution in [0.2, 0.25) is 0 Å². The Bertz CT molecular complexity index is 372. The molecule has 0 radical (unpaired) electrons. The average Bonchev–Trinajstić information content (AvgIpc) is 2.36. The number of para-hydroxylation sites is 1. The molecule has 0 unspecified atom stereocenters. The average molecular weight is 236 g/mol. The summed E-state index contributed by atoms with van der Waals surface area (Å²) < 4.78 is 10.7. The van der Waals surface area contributed by atoms with Crippen molar-refractivity contribution in [2.24, 2.45) is 0 Å². The summed E-state index contributed by atoms with van der Waals surface area (Å²) in [4.78, 5) is 11.9. The van der Waals surface area contributed by atoms with E-state index < -0.39 is 0 Å². The maximum atomic E-state index is 11.9. The third kappa shape index (κ3) is 3.48. The summed E-state index contributed by atoms with van der Waals surface area (Å²) in [6.45, 7) is 6.91. The van der Waals surface area contributed by atoms with Crippen molar-refractivity contribution in [3.8, 4) is 5.75 Å². The molecule has 3 nitrogen and oxygen atoms in total. The van der Waals surface area contributed by atoms with Gasteiger partial charge in [0, 0.05) is 0 Å². The van der Waals surface area contributed by atoms with E-state index >= 15 is 0 Å². The summed E-state index contributed by atoms with van der Waals surface area (Å²) >= 11 is 0. The molecule has 0 fully saturated rings. The van der Waals surface area contributed by atoms with Crippen LogP contribution in [0.5, 0.6) is 5.75 Å². The highest BCUT2D eigenvalue weighted by Gasteiger charge is 2.16. The Balaban J connectivity index is 3.00. The Hall–Kier alpha value is -1.51. The highest BCUT2D eigenvalue weighted by atomic mass is 16.5. The van der Waals surface area contributed by atoms with Crippen molar-refractivity contribution in [2.75, 3.05) is 13.2 Å². The summed E-state index contributed by atoms with van der Waals surface area (Å²) in [5.41, 5.74) is 1.57. The molecule has 1 aromatic carbocycles. The fraction of sp³-hybridized carbons (Fsp3) is 0.500. The van der Waals surface area contributed by atoms with Crippen molar-refractivity contribution in [1.29, 1.82) is 0 Å². The van der Waals surface area contributed by atoms with Crippen LogP contribution in [0.15, 0.2) is 18.2 Å². The largest absolute Gasteiger partial charge is 0.493 e. The molecule has 0 saturated heterocycles. The molecule has 0 saturated carbocycles. The van der Waals surface area contributed by atoms with Crippen molar-refractivity contribution in [1.82, 2.24) is 0 Å². The second-order valence-electron chi connectivity index (χ2n) is 3.72. The number of carbonyl (C=O) groups is 1. The summed E-state index contributed by atoms with van der Waals surface area (Å²) in [7, 11) is 0. The van der Waals surface area contributed by atoms with E-state index in [0.717, 1.165) is 18.4 Å². The van der Waals surface area contributed by atoms with Crippen LogP contribution in [0.25, 0.3) is 0 Å². The zero-order chi connectivity index (χ0) is 12.7. The summed E-state index contributed by atoms with van der Waals surface area (Å²) in [5.74, 6) is 0.365. The molecule has 0 N–H and O–H groups in total. The van der Waals surface area contributed by atoms with Gasteiger partial charge >= 0.3 is 5.97 Å². The van der Waals surface area contributed by atoms with Gasteiger partial charge < -0.3 is 9.47 Å². The van der Waals surface area contributed by atoms with Gasteiger partial charge in [0.05, 0.1) is 13.2 Å². The van der Waals surface area contributed by atoms with Crippen molar-refractivity contribution in [2.45, 2.75) is 33.6 Å². The lowest BCUT2D eigenvalue weighted by Gasteiger charge is -2.13. The standard InChI is InChI=1S/C14H20O3/c1-4-10-17-14(15)12-9-7-8-11(5-2)13(12)16-6-3/h7-9H,4-6,10H2,1-3H3. The van der Waals surface area contributed by atoms with Gasteiger partial charge in [-0.25, -0.2) is 4.79 Å². The van der Waals surface area contributed by atoms with Crippen molar-refractivity contribution in [3.63, 3.8) is 0 Å². The van der Waals surface area contributed by atoms with Crippen LogP contribution in [0, 0.1) is 0 Å². The zero-order valence-electron chi connectivity index (χ0n) is 10.8. The monoisotopic (exact) mass is 236 g/mol. The van der Waals surface area contributed by atoms with Gasteiger partial charge in [-0.3, -0.25) is 0 Å². The van der Waals surface area contributed by atoms with Crippen LogP contribution in [0.3, 0.4) is 0 Å². The molecule has 0 aliphatic carbocycles. The van der Waals surface area contributed by atoms with E-state index in [-0.39, 0.29) is 5.97 Å². The van der Waals surface area contributed by atoms with Gasteiger partial charge in [0.25, 0.3) is 0 Å². The summed E-state index contributed by atoms with van der Waals surface area (Å²) in [5, 5.41) is 0. The molecule has 0 aliphatic heterocycles. The fourth-order valence-electron chi connectivity index (χ4n) is 1.61. The van der Waals surface area contributed by atoms with Crippen LogP contribution in [-0.4, -0.2) is 19.2 Å². The number of hydrogen-bond acceptors (Lipinski definition) is 3. The second kappa shape index (κ2) is 6.94. The Kier molecular flexibility index (Phi) is 5.53. The van der Waals surface area contributed by atoms with Crippen LogP contribution in [0.4, 0.5) is 0 Å². The number of rotatable bonds is 6. The number of aryl methyl sites for hydroxylation is 1. The lowest BCUT2D eigenvalue weighted by atomic mass is 10.1. The fourth-order valence-corrected chi connectivity index (χ4v) is 1.61. The number of carbonyl (C=O) groups excluding carboxylic acids is 1. The zero-order valence-corrected chi connectivity index (χ0v) is 10.8. The van der Waals surface area contributed by atoms with Crippen molar-refractivity contribution in [3.05, 3.63) is 29.3 Å². The Morgan fingerprint density at radius 3 is 2.59 bits per heavy atom. The van der Waals surface area contributed by atoms with Crippen LogP contribution in [-0.2, 0) is 11.2 Å². The van der Waals surface area contributed by atoms with Gasteiger partial charge in [0.15, 0.2) is 0 Å². The molecule has 0 spiro atoms. The van der Waals surface area contributed by atoms with Gasteiger partial charge in [-0.2, -0.15) is 0 Å². The van der Waals surface area contributed by atoms with E-state index in [1.165, 1.54) is 0 Å². The van der Waals surface area contributed by atoms with E-state index in [1.54, 1.807) is 6.07 Å². The molecule has 0 atom stereocenters. The molecular weight excluding hydrogens is 216 g/mol. The molecule has 0 bridgehead atoms. The smallest absolute Gasteiger partial charge is 0.341 e. The van der Waals surface area contributed by atoms with Gasteiger partial charge in [-0.15, -0.1) is 0 Å². The first-order valence-corrected chi connectivity index (χ1v) is 6.16. The van der Waals surface area contributed by atoms with Gasteiger partial charge in [-0.1, -0.05) is 26.0 Å². The molecule has 0 heterocycles. The van der Waals surface area contributed by atoms with Crippen LogP contribution in [0.1, 0.15) is 43.1 Å². The third-order valence-corrected chi connectivity index (χ3v) is 2.42. The van der Waals surface area contributed by atoms with Gasteiger partial charge in [0.2, 0.25) is 0 Å². The first-order chi connectivity index (χ1) is 8.24. The number of benzene rings is 1. The topological polar surface area (TPSA) is 35.5 Å². The Morgan fingerprint density at radius 1 is 1.24 bits per heavy atom. The highest BCUT2D eigenvalue weighted by Crippen LogP contribution is 2.25. The van der Waals surface area contributed by atoms with Gasteiger partial charge in [-0.05, 0) is 31.4 Å². The summed E-state index contributed by atoms with van der Waals surface area (Å²) in [6, 6.07) is 5.59. The normalized spacial score (nSPS) is 10.1. The van der Waals surface area contributed by atoms with E-state index in [2.05, 4.69) is 0 Å². The van der Waals surface area contributed by atoms with Crippen LogP contribution < -0.4 is 4.74 Å². The predicted octanol–water partition coefficient (Wildman–Crippen LogP) is 3.21. The molecular formula is C14H20O3. The highest BCUT2D eigenvalue weighted by molar-refractivity contribution is 5.93. The van der Waals surface area contributed by atoms with E-state index in [9.17, 15) is 4.79 Å². The minimum absolute atomic E-state index is 0.300. The van der Waals surface area contributed by atoms with E-state index in [1.807, 2.05) is 32.9 Å². The number of hydrogen-bond donors (Lipinski definition) is 0. The molecule has 3 heteroatoms. The first kappa shape index (κ1) is 13.6. The Morgan fingerprint density at radius 2 is 2.00 bits per heavy atom. The predicted molar refractivity (Wildman–Crippen MR) is 67.6 cm³/mol. The molecule has 17 heavy (non-hydrogen) atoms. The lowest BCUT2D eigenvalue weighted by molar-refractivity contribution is 0.0500. The van der Waals surface area contributed by atoms with Crippen LogP contribution >= 0.6 is 0 Å². The molecule has 1 aromatic rings. The van der Waals surface area contributed by atoms with Gasteiger partial charge in [0.1, 0.15) is 11.3 Å². The minimum Gasteiger partial charge on any atom is -0.493 e. The quantitative estimate of drug-likeness (QED) is 0.711. The number of ether oxygens (including phenoxy) is 2. The summed E-state index contributed by atoms with van der Waals surface area (Å²) in [6.07, 6.45) is 1.66. The van der Waals surface area contributed by atoms with E-state index in [4.69, 9.17) is 9.47 Å². The Labute approximate surface area is 103 Å². The van der Waals surface area contributed by atoms with Crippen molar-refractivity contribution >= 4 is 5.97 Å². The maximum Gasteiger partial charge on any atom is 0.341 e. The minimum atomic E-state index is -0.300. The molecule has 0 aromatic heterocycles.